The van der Waals surface area contributed by atoms with Crippen LogP contribution in [-0.4, -0.2) is 23.6 Å². The van der Waals surface area contributed by atoms with Crippen LogP contribution in [0.3, 0.4) is 0 Å². The molecule has 0 spiro atoms. The minimum absolute atomic E-state index is 0.00909. The molecule has 3 nitrogen and oxygen atoms in total. The molecule has 0 fully saturated rings. The Bertz CT molecular complexity index is 453. The smallest absolute Gasteiger partial charge is 0.230 e. The molecule has 1 amide bonds. The lowest BCUT2D eigenvalue weighted by molar-refractivity contribution is -0.135. The maximum atomic E-state index is 11.9. The number of amides is 1. The first kappa shape index (κ1) is 11.8. The standard InChI is InChI=1S/C14H17NO2/c1-10(16)9-14(17)15(2)13-8-7-11-5-3-4-6-12(11)13/h3-6,13H,7-9H2,1-2H3. The molecule has 1 aromatic carbocycles. The lowest BCUT2D eigenvalue weighted by Gasteiger charge is -2.25. The van der Waals surface area contributed by atoms with Gasteiger partial charge in [0.25, 0.3) is 0 Å². The Labute approximate surface area is 101 Å². The number of carbonyl (C=O) groups is 2. The fourth-order valence-corrected chi connectivity index (χ4v) is 2.45. The number of hydrogen-bond donors (Lipinski definition) is 0. The first-order valence-corrected chi connectivity index (χ1v) is 5.92. The summed E-state index contributed by atoms with van der Waals surface area (Å²) in [6.45, 7) is 1.45. The van der Waals surface area contributed by atoms with Crippen molar-refractivity contribution in [2.24, 2.45) is 0 Å². The van der Waals surface area contributed by atoms with E-state index in [4.69, 9.17) is 0 Å². The molecule has 0 heterocycles. The monoisotopic (exact) mass is 231 g/mol. The van der Waals surface area contributed by atoms with Gasteiger partial charge in [-0.15, -0.1) is 0 Å². The minimum atomic E-state index is -0.0841. The molecule has 3 heteroatoms. The normalized spacial score (nSPS) is 17.6. The van der Waals surface area contributed by atoms with Gasteiger partial charge in [-0.05, 0) is 30.9 Å². The minimum Gasteiger partial charge on any atom is -0.338 e. The Kier molecular flexibility index (Phi) is 3.27. The number of ketones is 1. The van der Waals surface area contributed by atoms with Gasteiger partial charge in [-0.2, -0.15) is 0 Å². The first-order chi connectivity index (χ1) is 8.09. The van der Waals surface area contributed by atoms with Gasteiger partial charge in [-0.1, -0.05) is 24.3 Å². The molecule has 1 atom stereocenters. The zero-order chi connectivity index (χ0) is 12.4. The van der Waals surface area contributed by atoms with Crippen LogP contribution in [0.5, 0.6) is 0 Å². The van der Waals surface area contributed by atoms with Crippen LogP contribution in [0.1, 0.15) is 36.9 Å². The Morgan fingerprint density at radius 2 is 2.06 bits per heavy atom. The van der Waals surface area contributed by atoms with Gasteiger partial charge in [0.2, 0.25) is 5.91 Å². The largest absolute Gasteiger partial charge is 0.338 e. The summed E-state index contributed by atoms with van der Waals surface area (Å²) < 4.78 is 0. The van der Waals surface area contributed by atoms with Gasteiger partial charge in [-0.25, -0.2) is 0 Å². The quantitative estimate of drug-likeness (QED) is 0.747. The molecule has 1 aliphatic carbocycles. The number of benzene rings is 1. The van der Waals surface area contributed by atoms with Crippen molar-refractivity contribution in [1.82, 2.24) is 4.90 Å². The second-order valence-corrected chi connectivity index (χ2v) is 4.64. The van der Waals surface area contributed by atoms with E-state index in [-0.39, 0.29) is 24.2 Å². The third-order valence-electron chi connectivity index (χ3n) is 3.36. The molecule has 1 aliphatic rings. The maximum absolute atomic E-state index is 11.9. The SMILES string of the molecule is CC(=O)CC(=O)N(C)C1CCc2ccccc21. The van der Waals surface area contributed by atoms with Crippen LogP contribution < -0.4 is 0 Å². The molecule has 0 bridgehead atoms. The van der Waals surface area contributed by atoms with Crippen LogP contribution in [0.2, 0.25) is 0 Å². The summed E-state index contributed by atoms with van der Waals surface area (Å²) in [5, 5.41) is 0. The third kappa shape index (κ3) is 2.38. The van der Waals surface area contributed by atoms with E-state index in [0.29, 0.717) is 0 Å². The lowest BCUT2D eigenvalue weighted by atomic mass is 10.1. The highest BCUT2D eigenvalue weighted by Crippen LogP contribution is 2.34. The van der Waals surface area contributed by atoms with Crippen molar-refractivity contribution in [2.45, 2.75) is 32.2 Å². The van der Waals surface area contributed by atoms with Gasteiger partial charge in [-0.3, -0.25) is 9.59 Å². The number of aryl methyl sites for hydroxylation is 1. The van der Waals surface area contributed by atoms with Crippen LogP contribution in [0.25, 0.3) is 0 Å². The second kappa shape index (κ2) is 4.70. The van der Waals surface area contributed by atoms with Crippen molar-refractivity contribution in [1.29, 1.82) is 0 Å². The molecule has 0 radical (unpaired) electrons. The lowest BCUT2D eigenvalue weighted by Crippen LogP contribution is -2.31. The van der Waals surface area contributed by atoms with Gasteiger partial charge in [0.15, 0.2) is 0 Å². The molecule has 0 aromatic heterocycles. The molecule has 0 aliphatic heterocycles. The summed E-state index contributed by atoms with van der Waals surface area (Å²) in [6, 6.07) is 8.35. The summed E-state index contributed by atoms with van der Waals surface area (Å²) in [5.41, 5.74) is 2.55. The summed E-state index contributed by atoms with van der Waals surface area (Å²) >= 11 is 0. The molecular weight excluding hydrogens is 214 g/mol. The van der Waals surface area contributed by atoms with Gasteiger partial charge in [0, 0.05) is 7.05 Å². The molecule has 17 heavy (non-hydrogen) atoms. The number of rotatable bonds is 3. The van der Waals surface area contributed by atoms with E-state index in [9.17, 15) is 9.59 Å². The topological polar surface area (TPSA) is 37.4 Å². The van der Waals surface area contributed by atoms with Crippen molar-refractivity contribution in [3.63, 3.8) is 0 Å². The number of hydrogen-bond acceptors (Lipinski definition) is 2. The third-order valence-corrected chi connectivity index (χ3v) is 3.36. The van der Waals surface area contributed by atoms with Crippen LogP contribution >= 0.6 is 0 Å². The zero-order valence-corrected chi connectivity index (χ0v) is 10.3. The van der Waals surface area contributed by atoms with E-state index in [0.717, 1.165) is 12.8 Å². The molecule has 0 saturated carbocycles. The summed E-state index contributed by atoms with van der Waals surface area (Å²) in [5.74, 6) is -0.160. The molecule has 1 aromatic rings. The summed E-state index contributed by atoms with van der Waals surface area (Å²) in [6.07, 6.45) is 1.98. The van der Waals surface area contributed by atoms with Gasteiger partial charge in [0.05, 0.1) is 12.5 Å². The Morgan fingerprint density at radius 3 is 2.76 bits per heavy atom. The van der Waals surface area contributed by atoms with Crippen molar-refractivity contribution < 1.29 is 9.59 Å². The van der Waals surface area contributed by atoms with E-state index in [1.807, 2.05) is 12.1 Å². The number of carbonyl (C=O) groups excluding carboxylic acids is 2. The van der Waals surface area contributed by atoms with Crippen molar-refractivity contribution in [3.8, 4) is 0 Å². The highest BCUT2D eigenvalue weighted by molar-refractivity contribution is 5.96. The van der Waals surface area contributed by atoms with Gasteiger partial charge in [0.1, 0.15) is 5.78 Å². The maximum Gasteiger partial charge on any atom is 0.230 e. The van der Waals surface area contributed by atoms with Gasteiger partial charge >= 0.3 is 0 Å². The summed E-state index contributed by atoms with van der Waals surface area (Å²) in [4.78, 5) is 24.5. The first-order valence-electron chi connectivity index (χ1n) is 5.92. The highest BCUT2D eigenvalue weighted by Gasteiger charge is 2.28. The molecular formula is C14H17NO2. The molecule has 0 saturated heterocycles. The Morgan fingerprint density at radius 1 is 1.35 bits per heavy atom. The fourth-order valence-electron chi connectivity index (χ4n) is 2.45. The highest BCUT2D eigenvalue weighted by atomic mass is 16.2. The Balaban J connectivity index is 2.15. The fraction of sp³-hybridized carbons (Fsp3) is 0.429. The number of fused-ring (bicyclic) bond motifs is 1. The van der Waals surface area contributed by atoms with E-state index in [1.165, 1.54) is 18.1 Å². The molecule has 2 rings (SSSR count). The Hall–Kier alpha value is -1.64. The second-order valence-electron chi connectivity index (χ2n) is 4.64. The van der Waals surface area contributed by atoms with Crippen molar-refractivity contribution >= 4 is 11.7 Å². The number of nitrogens with zero attached hydrogens (tertiary/aromatic N) is 1. The molecule has 0 N–H and O–H groups in total. The van der Waals surface area contributed by atoms with E-state index < -0.39 is 0 Å². The molecule has 90 valence electrons. The zero-order valence-electron chi connectivity index (χ0n) is 10.3. The van der Waals surface area contributed by atoms with E-state index >= 15 is 0 Å². The van der Waals surface area contributed by atoms with E-state index in [2.05, 4.69) is 12.1 Å². The van der Waals surface area contributed by atoms with Crippen LogP contribution in [0.15, 0.2) is 24.3 Å². The molecule has 1 unspecified atom stereocenters. The van der Waals surface area contributed by atoms with E-state index in [1.54, 1.807) is 11.9 Å². The predicted molar refractivity (Wildman–Crippen MR) is 65.6 cm³/mol. The van der Waals surface area contributed by atoms with Crippen molar-refractivity contribution in [3.05, 3.63) is 35.4 Å². The van der Waals surface area contributed by atoms with Crippen molar-refractivity contribution in [2.75, 3.05) is 7.05 Å². The van der Waals surface area contributed by atoms with Crippen LogP contribution in [-0.2, 0) is 16.0 Å². The number of Topliss-reactive ketones (excluding diaryl/α,β-unsaturated/α-hetero) is 1. The van der Waals surface area contributed by atoms with Crippen LogP contribution in [0, 0.1) is 0 Å². The average Bonchev–Trinajstić information content (AvgIpc) is 2.70. The summed E-state index contributed by atoms with van der Waals surface area (Å²) in [7, 11) is 1.79. The average molecular weight is 231 g/mol. The predicted octanol–water partition coefficient (Wildman–Crippen LogP) is 2.11. The van der Waals surface area contributed by atoms with Crippen LogP contribution in [0.4, 0.5) is 0 Å². The van der Waals surface area contributed by atoms with Gasteiger partial charge < -0.3 is 4.90 Å².